The van der Waals surface area contributed by atoms with E-state index in [1.807, 2.05) is 14.1 Å². The smallest absolute Gasteiger partial charge is 0.310 e. The number of imidazole rings is 1. The van der Waals surface area contributed by atoms with E-state index in [9.17, 15) is 4.79 Å². The highest BCUT2D eigenvalue weighted by Crippen LogP contribution is 2.26. The Balaban J connectivity index is 2.54. The number of aromatic nitrogens is 2. The lowest BCUT2D eigenvalue weighted by Gasteiger charge is -2.24. The molecule has 4 nitrogen and oxygen atoms in total. The minimum Gasteiger partial charge on any atom is -0.310 e. The molecule has 2 unspecified atom stereocenters. The van der Waals surface area contributed by atoms with E-state index in [2.05, 4.69) is 44.3 Å². The molecule has 2 atom stereocenters. The Morgan fingerprint density at radius 1 is 1.15 bits per heavy atom. The van der Waals surface area contributed by atoms with Gasteiger partial charge in [-0.25, -0.2) is 4.79 Å². The van der Waals surface area contributed by atoms with Crippen molar-refractivity contribution >= 4 is 11.0 Å². The molecule has 0 aliphatic carbocycles. The van der Waals surface area contributed by atoms with Crippen LogP contribution in [0, 0.1) is 5.92 Å². The lowest BCUT2D eigenvalue weighted by atomic mass is 9.92. The molecule has 0 spiro atoms. The monoisotopic (exact) mass is 275 g/mol. The zero-order valence-corrected chi connectivity index (χ0v) is 13.1. The highest BCUT2D eigenvalue weighted by molar-refractivity contribution is 5.77. The lowest BCUT2D eigenvalue weighted by Crippen LogP contribution is -2.26. The maximum absolute atomic E-state index is 12.0. The molecule has 0 fully saturated rings. The highest BCUT2D eigenvalue weighted by Gasteiger charge is 2.18. The molecule has 0 bridgehead atoms. The minimum absolute atomic E-state index is 0.0284. The van der Waals surface area contributed by atoms with Crippen LogP contribution in [0.5, 0.6) is 0 Å². The Morgan fingerprint density at radius 3 is 2.40 bits per heavy atom. The first-order valence-corrected chi connectivity index (χ1v) is 7.40. The van der Waals surface area contributed by atoms with Crippen LogP contribution < -0.4 is 11.0 Å². The van der Waals surface area contributed by atoms with E-state index in [4.69, 9.17) is 0 Å². The fourth-order valence-corrected chi connectivity index (χ4v) is 2.82. The van der Waals surface area contributed by atoms with E-state index in [0.717, 1.165) is 24.0 Å². The normalized spacial score (nSPS) is 14.7. The van der Waals surface area contributed by atoms with Gasteiger partial charge in [0.05, 0.1) is 11.0 Å². The average molecular weight is 275 g/mol. The van der Waals surface area contributed by atoms with Crippen LogP contribution in [0.3, 0.4) is 0 Å². The van der Waals surface area contributed by atoms with Crippen LogP contribution in [0.15, 0.2) is 23.0 Å². The van der Waals surface area contributed by atoms with Crippen molar-refractivity contribution in [3.8, 4) is 0 Å². The third-order valence-corrected chi connectivity index (χ3v) is 4.29. The number of fused-ring (bicyclic) bond motifs is 1. The van der Waals surface area contributed by atoms with E-state index in [-0.39, 0.29) is 5.69 Å². The first-order chi connectivity index (χ1) is 9.51. The maximum atomic E-state index is 12.0. The first kappa shape index (κ1) is 14.9. The van der Waals surface area contributed by atoms with Gasteiger partial charge in [0.1, 0.15) is 0 Å². The fourth-order valence-electron chi connectivity index (χ4n) is 2.82. The van der Waals surface area contributed by atoms with Crippen LogP contribution in [0.25, 0.3) is 11.0 Å². The molecular weight excluding hydrogens is 250 g/mol. The summed E-state index contributed by atoms with van der Waals surface area (Å²) in [6.45, 7) is 7.56. The topological polar surface area (TPSA) is 39.0 Å². The van der Waals surface area contributed by atoms with Gasteiger partial charge >= 0.3 is 5.69 Å². The summed E-state index contributed by atoms with van der Waals surface area (Å²) in [6, 6.07) is 6.68. The number of rotatable bonds is 5. The van der Waals surface area contributed by atoms with Crippen molar-refractivity contribution in [2.24, 2.45) is 20.0 Å². The molecule has 2 aromatic rings. The summed E-state index contributed by atoms with van der Waals surface area (Å²) in [6.07, 6.45) is 1.13. The van der Waals surface area contributed by atoms with Crippen LogP contribution in [0.2, 0.25) is 0 Å². The van der Waals surface area contributed by atoms with Gasteiger partial charge in [-0.3, -0.25) is 9.13 Å². The molecule has 0 saturated heterocycles. The maximum Gasteiger partial charge on any atom is 0.328 e. The average Bonchev–Trinajstić information content (AvgIpc) is 2.68. The van der Waals surface area contributed by atoms with Crippen molar-refractivity contribution in [1.29, 1.82) is 0 Å². The van der Waals surface area contributed by atoms with E-state index in [1.165, 1.54) is 5.56 Å². The van der Waals surface area contributed by atoms with Gasteiger partial charge in [-0.1, -0.05) is 33.3 Å². The Hall–Kier alpha value is -1.55. The largest absolute Gasteiger partial charge is 0.328 e. The van der Waals surface area contributed by atoms with Crippen molar-refractivity contribution in [2.75, 3.05) is 6.54 Å². The number of nitrogens with zero attached hydrogens (tertiary/aromatic N) is 2. The molecule has 1 aromatic heterocycles. The van der Waals surface area contributed by atoms with Crippen molar-refractivity contribution in [3.05, 3.63) is 34.2 Å². The molecule has 1 aromatic carbocycles. The molecule has 1 heterocycles. The summed E-state index contributed by atoms with van der Waals surface area (Å²) in [5, 5.41) is 3.56. The van der Waals surface area contributed by atoms with Crippen molar-refractivity contribution < 1.29 is 0 Å². The Kier molecular flexibility index (Phi) is 4.33. The summed E-state index contributed by atoms with van der Waals surface area (Å²) in [7, 11) is 3.65. The fraction of sp³-hybridized carbons (Fsp3) is 0.562. The van der Waals surface area contributed by atoms with Crippen LogP contribution in [0.1, 0.15) is 38.8 Å². The van der Waals surface area contributed by atoms with Gasteiger partial charge in [-0.15, -0.1) is 0 Å². The zero-order valence-electron chi connectivity index (χ0n) is 13.1. The van der Waals surface area contributed by atoms with Gasteiger partial charge in [0.15, 0.2) is 0 Å². The molecule has 1 N–H and O–H groups in total. The first-order valence-electron chi connectivity index (χ1n) is 7.40. The van der Waals surface area contributed by atoms with Crippen molar-refractivity contribution in [3.63, 3.8) is 0 Å². The minimum atomic E-state index is 0.0284. The summed E-state index contributed by atoms with van der Waals surface area (Å²) in [5.74, 6) is 0.563. The molecule has 20 heavy (non-hydrogen) atoms. The lowest BCUT2D eigenvalue weighted by molar-refractivity contribution is 0.384. The summed E-state index contributed by atoms with van der Waals surface area (Å²) in [4.78, 5) is 12.0. The van der Waals surface area contributed by atoms with Crippen molar-refractivity contribution in [2.45, 2.75) is 33.2 Å². The summed E-state index contributed by atoms with van der Waals surface area (Å²) < 4.78 is 3.42. The second kappa shape index (κ2) is 5.83. The SMILES string of the molecule is CCNC(c1ccc2c(c1)n(C)c(=O)n2C)C(C)CC. The van der Waals surface area contributed by atoms with Gasteiger partial charge in [0.2, 0.25) is 0 Å². The predicted molar refractivity (Wildman–Crippen MR) is 84.0 cm³/mol. The number of hydrogen-bond acceptors (Lipinski definition) is 2. The predicted octanol–water partition coefficient (Wildman–Crippen LogP) is 2.57. The van der Waals surface area contributed by atoms with Gasteiger partial charge in [0, 0.05) is 20.1 Å². The van der Waals surface area contributed by atoms with Crippen LogP contribution in [-0.4, -0.2) is 15.7 Å². The second-order valence-corrected chi connectivity index (χ2v) is 5.57. The van der Waals surface area contributed by atoms with Crippen molar-refractivity contribution in [1.82, 2.24) is 14.5 Å². The Morgan fingerprint density at radius 2 is 1.80 bits per heavy atom. The van der Waals surface area contributed by atoms with Crippen LogP contribution in [-0.2, 0) is 14.1 Å². The number of hydrogen-bond donors (Lipinski definition) is 1. The van der Waals surface area contributed by atoms with E-state index >= 15 is 0 Å². The van der Waals surface area contributed by atoms with Crippen LogP contribution >= 0.6 is 0 Å². The molecule has 0 radical (unpaired) electrons. The molecule has 4 heteroatoms. The Labute approximate surface area is 120 Å². The molecule has 110 valence electrons. The highest BCUT2D eigenvalue weighted by atomic mass is 16.1. The van der Waals surface area contributed by atoms with Gasteiger partial charge < -0.3 is 5.32 Å². The molecule has 2 rings (SSSR count). The third kappa shape index (κ3) is 2.40. The zero-order chi connectivity index (χ0) is 14.9. The number of benzene rings is 1. The number of nitrogens with one attached hydrogen (secondary N) is 1. The van der Waals surface area contributed by atoms with Gasteiger partial charge in [0.25, 0.3) is 0 Å². The summed E-state index contributed by atoms with van der Waals surface area (Å²) in [5.41, 5.74) is 3.28. The molecule has 0 saturated carbocycles. The molecule has 0 amide bonds. The van der Waals surface area contributed by atoms with E-state index < -0.39 is 0 Å². The quantitative estimate of drug-likeness (QED) is 0.911. The van der Waals surface area contributed by atoms with Gasteiger partial charge in [-0.05, 0) is 30.2 Å². The Bertz CT molecular complexity index is 654. The third-order valence-electron chi connectivity index (χ3n) is 4.29. The van der Waals surface area contributed by atoms with Crippen LogP contribution in [0.4, 0.5) is 0 Å². The standard InChI is InChI=1S/C16H25N3O/c1-6-11(3)15(17-7-2)12-8-9-13-14(10-12)19(5)16(20)18(13)4/h8-11,15,17H,6-7H2,1-5H3. The van der Waals surface area contributed by atoms with E-state index in [0.29, 0.717) is 12.0 Å². The molecule has 0 aliphatic heterocycles. The summed E-state index contributed by atoms with van der Waals surface area (Å²) >= 11 is 0. The van der Waals surface area contributed by atoms with E-state index in [1.54, 1.807) is 9.13 Å². The molecular formula is C16H25N3O. The van der Waals surface area contributed by atoms with Gasteiger partial charge in [-0.2, -0.15) is 0 Å². The molecule has 0 aliphatic rings. The number of aryl methyl sites for hydroxylation is 2. The second-order valence-electron chi connectivity index (χ2n) is 5.57.